The first kappa shape index (κ1) is 38.9. The zero-order valence-corrected chi connectivity index (χ0v) is 31.5. The number of nitrogens with one attached hydrogen (secondary N) is 2. The summed E-state index contributed by atoms with van der Waals surface area (Å²) in [4.78, 5) is 29.4. The van der Waals surface area contributed by atoms with E-state index in [1.165, 1.54) is 20.5 Å². The zero-order chi connectivity index (χ0) is 37.0. The number of hydrogen-bond donors (Lipinski definition) is 2. The average Bonchev–Trinajstić information content (AvgIpc) is 3.70. The molecule has 0 spiro atoms. The lowest BCUT2D eigenvalue weighted by Gasteiger charge is -2.33. The number of halogens is 2. The Labute approximate surface area is 300 Å². The molecule has 1 heterocycles. The molecule has 1 aliphatic carbocycles. The molecule has 3 aromatic rings. The van der Waals surface area contributed by atoms with Crippen LogP contribution in [-0.4, -0.2) is 67.5 Å². The van der Waals surface area contributed by atoms with Gasteiger partial charge in [0.15, 0.2) is 0 Å². The normalized spacial score (nSPS) is 16.4. The zero-order valence-electron chi connectivity index (χ0n) is 29.1. The highest BCUT2D eigenvalue weighted by atomic mass is 35.5. The molecule has 1 saturated carbocycles. The molecule has 0 radical (unpaired) electrons. The average molecular weight is 757 g/mol. The van der Waals surface area contributed by atoms with E-state index in [0.717, 1.165) is 33.0 Å². The van der Waals surface area contributed by atoms with E-state index < -0.39 is 56.2 Å². The second-order valence-corrected chi connectivity index (χ2v) is 16.4. The Morgan fingerprint density at radius 3 is 2.30 bits per heavy atom. The van der Waals surface area contributed by atoms with E-state index in [1.807, 2.05) is 0 Å². The van der Waals surface area contributed by atoms with Crippen molar-refractivity contribution in [3.8, 4) is 11.5 Å². The Kier molecular flexibility index (Phi) is 12.1. The molecule has 0 bridgehead atoms. The third kappa shape index (κ3) is 9.64. The quantitative estimate of drug-likeness (QED) is 0.207. The molecule has 0 aliphatic heterocycles. The van der Waals surface area contributed by atoms with Gasteiger partial charge in [-0.2, -0.15) is 4.37 Å². The van der Waals surface area contributed by atoms with E-state index in [0.29, 0.717) is 36.3 Å². The smallest absolute Gasteiger partial charge is 0.429 e. The first-order chi connectivity index (χ1) is 23.3. The minimum atomic E-state index is -4.69. The Balaban J connectivity index is 1.72. The summed E-state index contributed by atoms with van der Waals surface area (Å²) in [6, 6.07) is 5.60. The molecule has 0 unspecified atom stereocenters. The van der Waals surface area contributed by atoms with E-state index in [2.05, 4.69) is 20.1 Å². The number of carbonyl (C=O) groups excluding carboxylic acids is 2. The Morgan fingerprint density at radius 2 is 1.70 bits per heavy atom. The highest BCUT2D eigenvalue weighted by Crippen LogP contribution is 2.36. The number of benzene rings is 2. The summed E-state index contributed by atoms with van der Waals surface area (Å²) in [5.74, 6) is -0.392. The summed E-state index contributed by atoms with van der Waals surface area (Å²) < 4.78 is 71.1. The second-order valence-electron chi connectivity index (χ2n) is 13.4. The minimum absolute atomic E-state index is 0.0377. The van der Waals surface area contributed by atoms with Gasteiger partial charge in [0.2, 0.25) is 5.13 Å². The number of amides is 2. The summed E-state index contributed by atoms with van der Waals surface area (Å²) in [6.07, 6.45) is 1.40. The van der Waals surface area contributed by atoms with Crippen molar-refractivity contribution >= 4 is 56.2 Å². The fraction of sp³-hybridized carbons (Fsp3) is 0.500. The van der Waals surface area contributed by atoms with Crippen LogP contribution in [0.5, 0.6) is 11.5 Å². The van der Waals surface area contributed by atoms with Crippen molar-refractivity contribution in [1.29, 1.82) is 0 Å². The molecule has 2 atom stereocenters. The lowest BCUT2D eigenvalue weighted by Crippen LogP contribution is -2.56. The van der Waals surface area contributed by atoms with Crippen molar-refractivity contribution < 1.29 is 41.3 Å². The molecular formula is C32H42ClFN6O8S2. The van der Waals surface area contributed by atoms with Crippen molar-refractivity contribution in [2.24, 2.45) is 0 Å². The van der Waals surface area contributed by atoms with E-state index in [4.69, 9.17) is 30.5 Å². The third-order valence-corrected chi connectivity index (χ3v) is 10.1. The fourth-order valence-corrected chi connectivity index (χ4v) is 7.63. The Hall–Kier alpha value is -3.93. The summed E-state index contributed by atoms with van der Waals surface area (Å²) in [7, 11) is -1.78. The lowest BCUT2D eigenvalue weighted by atomic mass is 10.2. The number of sulfonamides is 1. The number of methoxy groups -OCH3 is 2. The number of ether oxygens (including phenoxy) is 4. The molecular weight excluding hydrogens is 715 g/mol. The number of hydrazine groups is 1. The predicted octanol–water partition coefficient (Wildman–Crippen LogP) is 6.44. The van der Waals surface area contributed by atoms with Crippen LogP contribution in [0, 0.1) is 5.82 Å². The van der Waals surface area contributed by atoms with Crippen molar-refractivity contribution in [3.05, 3.63) is 53.1 Å². The number of aromatic nitrogens is 2. The van der Waals surface area contributed by atoms with Gasteiger partial charge < -0.3 is 24.3 Å². The van der Waals surface area contributed by atoms with E-state index >= 15 is 4.39 Å². The molecule has 4 rings (SSSR count). The van der Waals surface area contributed by atoms with Gasteiger partial charge in [0, 0.05) is 41.3 Å². The molecule has 1 fully saturated rings. The van der Waals surface area contributed by atoms with Crippen LogP contribution in [-0.2, 0) is 26.0 Å². The van der Waals surface area contributed by atoms with Gasteiger partial charge in [-0.05, 0) is 79.0 Å². The van der Waals surface area contributed by atoms with Gasteiger partial charge in [-0.25, -0.2) is 42.1 Å². The monoisotopic (exact) mass is 756 g/mol. The highest BCUT2D eigenvalue weighted by molar-refractivity contribution is 7.93. The summed E-state index contributed by atoms with van der Waals surface area (Å²) in [5, 5.41) is 3.43. The Morgan fingerprint density at radius 1 is 1.02 bits per heavy atom. The topological polar surface area (TPSA) is 162 Å². The van der Waals surface area contributed by atoms with Crippen LogP contribution in [0.3, 0.4) is 0 Å². The molecule has 1 aromatic heterocycles. The van der Waals surface area contributed by atoms with Crippen molar-refractivity contribution in [2.45, 2.75) is 95.5 Å². The molecule has 274 valence electrons. The third-order valence-electron chi connectivity index (χ3n) is 7.27. The van der Waals surface area contributed by atoms with Crippen LogP contribution < -0.4 is 29.5 Å². The maximum atomic E-state index is 16.2. The van der Waals surface area contributed by atoms with Crippen LogP contribution >= 0.6 is 23.1 Å². The standard InChI is InChI=1S/C32H42ClFN6O8S2/c1-31(2,3)47-29(41)37-23-10-9-11-24(23)38-40(30(42)48-32(4,5)6)25-16-22(34)27(15-21(25)33)50(43,44)39(28-35-18-36-49-28)17-19-12-13-20(45-7)14-26(19)46-8/h12-16,18,23-24,38H,9-11,17H2,1-8H3,(H,37,41)/t23-,24-/m1/s1. The van der Waals surface area contributed by atoms with E-state index in [1.54, 1.807) is 59.7 Å². The molecule has 14 nitrogen and oxygen atoms in total. The van der Waals surface area contributed by atoms with Gasteiger partial charge in [0.1, 0.15) is 39.7 Å². The molecule has 50 heavy (non-hydrogen) atoms. The Bertz CT molecular complexity index is 1780. The maximum absolute atomic E-state index is 16.2. The largest absolute Gasteiger partial charge is 0.497 e. The van der Waals surface area contributed by atoms with Crippen molar-refractivity contribution in [2.75, 3.05) is 23.5 Å². The van der Waals surface area contributed by atoms with Gasteiger partial charge in [-0.3, -0.25) is 0 Å². The molecule has 2 amide bonds. The number of hydrogen-bond acceptors (Lipinski definition) is 12. The first-order valence-corrected chi connectivity index (χ1v) is 18.2. The van der Waals surface area contributed by atoms with Crippen LogP contribution in [0.25, 0.3) is 0 Å². The lowest BCUT2D eigenvalue weighted by molar-refractivity contribution is 0.0494. The van der Waals surface area contributed by atoms with Crippen molar-refractivity contribution in [3.63, 3.8) is 0 Å². The first-order valence-electron chi connectivity index (χ1n) is 15.6. The van der Waals surface area contributed by atoms with Crippen LogP contribution in [0.4, 0.5) is 24.8 Å². The summed E-state index contributed by atoms with van der Waals surface area (Å²) in [6.45, 7) is 9.89. The van der Waals surface area contributed by atoms with E-state index in [-0.39, 0.29) is 22.4 Å². The molecule has 2 N–H and O–H groups in total. The second kappa shape index (κ2) is 15.5. The SMILES string of the molecule is COc1ccc(CN(c2ncns2)S(=O)(=O)c2cc(Cl)c(N(N[C@@H]3CCC[C@H]3NC(=O)OC(C)(C)C)C(=O)OC(C)(C)C)cc2F)c(OC)c1. The molecule has 18 heteroatoms. The summed E-state index contributed by atoms with van der Waals surface area (Å²) in [5.41, 5.74) is 1.57. The maximum Gasteiger partial charge on any atom is 0.429 e. The van der Waals surface area contributed by atoms with Gasteiger partial charge in [-0.15, -0.1) is 0 Å². The highest BCUT2D eigenvalue weighted by Gasteiger charge is 2.37. The number of rotatable bonds is 11. The van der Waals surface area contributed by atoms with Gasteiger partial charge in [-0.1, -0.05) is 11.6 Å². The van der Waals surface area contributed by atoms with Crippen LogP contribution in [0.1, 0.15) is 66.4 Å². The summed E-state index contributed by atoms with van der Waals surface area (Å²) >= 11 is 7.47. The number of alkyl carbamates (subject to hydrolysis) is 1. The predicted molar refractivity (Wildman–Crippen MR) is 187 cm³/mol. The number of carbonyl (C=O) groups is 2. The minimum Gasteiger partial charge on any atom is -0.497 e. The number of anilines is 2. The van der Waals surface area contributed by atoms with Crippen LogP contribution in [0.2, 0.25) is 5.02 Å². The van der Waals surface area contributed by atoms with Gasteiger partial charge in [0.05, 0.1) is 31.5 Å². The van der Waals surface area contributed by atoms with Gasteiger partial charge in [0.25, 0.3) is 10.0 Å². The van der Waals surface area contributed by atoms with Gasteiger partial charge >= 0.3 is 12.2 Å². The van der Waals surface area contributed by atoms with Crippen molar-refractivity contribution in [1.82, 2.24) is 20.1 Å². The molecule has 1 aliphatic rings. The molecule has 2 aromatic carbocycles. The fourth-order valence-electron chi connectivity index (χ4n) is 5.12. The number of nitrogens with zero attached hydrogens (tertiary/aromatic N) is 4. The molecule has 0 saturated heterocycles. The van der Waals surface area contributed by atoms with Crippen LogP contribution in [0.15, 0.2) is 41.6 Å². The van der Waals surface area contributed by atoms with E-state index in [9.17, 15) is 18.0 Å².